The number of nitrogens with zero attached hydrogens (tertiary/aromatic N) is 2. The average molecular weight is 241 g/mol. The molecule has 0 atom stereocenters. The molecule has 4 nitrogen and oxygen atoms in total. The lowest BCUT2D eigenvalue weighted by atomic mass is 10.5. The van der Waals surface area contributed by atoms with E-state index in [1.54, 1.807) is 6.20 Å². The van der Waals surface area contributed by atoms with Crippen LogP contribution in [0.1, 0.15) is 0 Å². The first-order chi connectivity index (χ1) is 6.34. The van der Waals surface area contributed by atoms with Gasteiger partial charge in [-0.15, -0.1) is 0 Å². The van der Waals surface area contributed by atoms with Gasteiger partial charge >= 0.3 is 0 Å². The summed E-state index contributed by atoms with van der Waals surface area (Å²) >= 11 is 3.32. The van der Waals surface area contributed by atoms with Crippen LogP contribution in [0.15, 0.2) is 27.8 Å². The Kier molecular flexibility index (Phi) is 2.44. The molecule has 0 aliphatic carbocycles. The number of hydrogen-bond donors (Lipinski definition) is 2. The smallest absolute Gasteiger partial charge is 0.197 e. The molecule has 2 heterocycles. The maximum atomic E-state index is 4.20. The second-order valence-corrected chi connectivity index (χ2v) is 3.56. The lowest BCUT2D eigenvalue weighted by molar-refractivity contribution is 0.958. The first-order valence-electron chi connectivity index (χ1n) is 4.01. The second kappa shape index (κ2) is 3.74. The topological polar surface area (TPSA) is 49.3 Å². The van der Waals surface area contributed by atoms with Crippen LogP contribution in [0, 0.1) is 0 Å². The lowest BCUT2D eigenvalue weighted by Crippen LogP contribution is -2.26. The largest absolute Gasteiger partial charge is 0.354 e. The number of aliphatic imine (C=N–C) groups is 1. The summed E-state index contributed by atoms with van der Waals surface area (Å²) in [5.74, 6) is 1.60. The molecule has 0 fully saturated rings. The first-order valence-corrected chi connectivity index (χ1v) is 4.81. The van der Waals surface area contributed by atoms with E-state index in [4.69, 9.17) is 0 Å². The molecule has 0 saturated heterocycles. The van der Waals surface area contributed by atoms with Gasteiger partial charge in [-0.1, -0.05) is 0 Å². The van der Waals surface area contributed by atoms with Crippen LogP contribution in [0.25, 0.3) is 0 Å². The van der Waals surface area contributed by atoms with E-state index in [-0.39, 0.29) is 0 Å². The summed E-state index contributed by atoms with van der Waals surface area (Å²) in [5.41, 5.74) is 0. The maximum absolute atomic E-state index is 4.20. The Labute approximate surface area is 84.6 Å². The standard InChI is InChI=1S/C8H9BrN4/c9-6-1-2-7(12-5-6)13-8-10-3-4-11-8/h1-2,5H,3-4H2,(H2,10,11,12,13). The number of guanidine groups is 1. The highest BCUT2D eigenvalue weighted by Gasteiger charge is 2.04. The quantitative estimate of drug-likeness (QED) is 0.777. The van der Waals surface area contributed by atoms with Crippen molar-refractivity contribution in [3.05, 3.63) is 22.8 Å². The van der Waals surface area contributed by atoms with Crippen LogP contribution in [0.5, 0.6) is 0 Å². The predicted molar refractivity (Wildman–Crippen MR) is 55.9 cm³/mol. The van der Waals surface area contributed by atoms with Crippen molar-refractivity contribution < 1.29 is 0 Å². The molecular formula is C8H9BrN4. The number of aromatic nitrogens is 1. The van der Waals surface area contributed by atoms with Gasteiger partial charge in [0.15, 0.2) is 5.96 Å². The molecule has 0 spiro atoms. The van der Waals surface area contributed by atoms with Crippen LogP contribution in [-0.2, 0) is 0 Å². The predicted octanol–water partition coefficient (Wildman–Crippen LogP) is 1.22. The van der Waals surface area contributed by atoms with Crippen molar-refractivity contribution in [2.75, 3.05) is 18.4 Å². The van der Waals surface area contributed by atoms with Crippen molar-refractivity contribution in [2.24, 2.45) is 4.99 Å². The molecule has 0 saturated carbocycles. The van der Waals surface area contributed by atoms with Crippen LogP contribution < -0.4 is 10.6 Å². The minimum atomic E-state index is 0.801. The number of anilines is 1. The van der Waals surface area contributed by atoms with Crippen molar-refractivity contribution >= 4 is 27.7 Å². The van der Waals surface area contributed by atoms with Gasteiger partial charge in [-0.3, -0.25) is 4.99 Å². The van der Waals surface area contributed by atoms with E-state index >= 15 is 0 Å². The van der Waals surface area contributed by atoms with Crippen molar-refractivity contribution in [3.8, 4) is 0 Å². The summed E-state index contributed by atoms with van der Waals surface area (Å²) in [5, 5.41) is 6.18. The van der Waals surface area contributed by atoms with E-state index in [0.717, 1.165) is 29.3 Å². The molecule has 13 heavy (non-hydrogen) atoms. The van der Waals surface area contributed by atoms with E-state index < -0.39 is 0 Å². The fourth-order valence-corrected chi connectivity index (χ4v) is 1.29. The van der Waals surface area contributed by atoms with Crippen LogP contribution in [0.2, 0.25) is 0 Å². The molecule has 5 heteroatoms. The minimum absolute atomic E-state index is 0.801. The third kappa shape index (κ3) is 2.18. The first kappa shape index (κ1) is 8.50. The molecular weight excluding hydrogens is 232 g/mol. The zero-order chi connectivity index (χ0) is 9.10. The highest BCUT2D eigenvalue weighted by Crippen LogP contribution is 2.10. The van der Waals surface area contributed by atoms with Crippen LogP contribution >= 0.6 is 15.9 Å². The lowest BCUT2D eigenvalue weighted by Gasteiger charge is -2.04. The zero-order valence-corrected chi connectivity index (χ0v) is 8.50. The third-order valence-electron chi connectivity index (χ3n) is 1.65. The summed E-state index contributed by atoms with van der Waals surface area (Å²) in [4.78, 5) is 8.36. The molecule has 1 aromatic heterocycles. The SMILES string of the molecule is Brc1ccc(NC2=NCCN2)nc1. The molecule has 1 aromatic rings. The van der Waals surface area contributed by atoms with Crippen molar-refractivity contribution in [3.63, 3.8) is 0 Å². The molecule has 0 amide bonds. The van der Waals surface area contributed by atoms with Gasteiger partial charge in [0.25, 0.3) is 0 Å². The molecule has 1 aliphatic heterocycles. The van der Waals surface area contributed by atoms with Gasteiger partial charge in [0.2, 0.25) is 0 Å². The molecule has 0 aromatic carbocycles. The molecule has 68 valence electrons. The van der Waals surface area contributed by atoms with Crippen LogP contribution in [0.4, 0.5) is 5.82 Å². The Hall–Kier alpha value is -1.10. The molecule has 0 unspecified atom stereocenters. The van der Waals surface area contributed by atoms with Crippen LogP contribution in [0.3, 0.4) is 0 Å². The third-order valence-corrected chi connectivity index (χ3v) is 2.12. The minimum Gasteiger partial charge on any atom is -0.354 e. The molecule has 0 radical (unpaired) electrons. The number of rotatable bonds is 1. The molecule has 2 rings (SSSR count). The monoisotopic (exact) mass is 240 g/mol. The number of halogens is 1. The number of hydrogen-bond acceptors (Lipinski definition) is 4. The summed E-state index contributed by atoms with van der Waals surface area (Å²) in [6.07, 6.45) is 1.75. The van der Waals surface area contributed by atoms with Gasteiger partial charge in [-0.2, -0.15) is 0 Å². The molecule has 0 bridgehead atoms. The Balaban J connectivity index is 2.05. The molecule has 1 aliphatic rings. The highest BCUT2D eigenvalue weighted by atomic mass is 79.9. The van der Waals surface area contributed by atoms with E-state index in [1.807, 2.05) is 12.1 Å². The van der Waals surface area contributed by atoms with Crippen LogP contribution in [-0.4, -0.2) is 24.0 Å². The summed E-state index contributed by atoms with van der Waals surface area (Å²) < 4.78 is 0.972. The maximum Gasteiger partial charge on any atom is 0.197 e. The van der Waals surface area contributed by atoms with Gasteiger partial charge in [0.1, 0.15) is 5.82 Å². The second-order valence-electron chi connectivity index (χ2n) is 2.64. The summed E-state index contributed by atoms with van der Waals surface area (Å²) in [6, 6.07) is 3.83. The number of pyridine rings is 1. The van der Waals surface area contributed by atoms with E-state index in [9.17, 15) is 0 Å². The van der Waals surface area contributed by atoms with Gasteiger partial charge in [0, 0.05) is 17.2 Å². The van der Waals surface area contributed by atoms with Crippen molar-refractivity contribution in [1.29, 1.82) is 0 Å². The summed E-state index contributed by atoms with van der Waals surface area (Å²) in [6.45, 7) is 1.73. The van der Waals surface area contributed by atoms with E-state index in [0.29, 0.717) is 0 Å². The van der Waals surface area contributed by atoms with Gasteiger partial charge < -0.3 is 10.6 Å². The van der Waals surface area contributed by atoms with Crippen molar-refractivity contribution in [1.82, 2.24) is 10.3 Å². The normalized spacial score (nSPS) is 15.0. The Morgan fingerprint density at radius 2 is 2.38 bits per heavy atom. The summed E-state index contributed by atoms with van der Waals surface area (Å²) in [7, 11) is 0. The average Bonchev–Trinajstić information content (AvgIpc) is 2.62. The van der Waals surface area contributed by atoms with Crippen molar-refractivity contribution in [2.45, 2.75) is 0 Å². The fraction of sp³-hybridized carbons (Fsp3) is 0.250. The van der Waals surface area contributed by atoms with Gasteiger partial charge in [-0.05, 0) is 28.1 Å². The highest BCUT2D eigenvalue weighted by molar-refractivity contribution is 9.10. The molecule has 2 N–H and O–H groups in total. The van der Waals surface area contributed by atoms with E-state index in [1.165, 1.54) is 0 Å². The number of nitrogens with one attached hydrogen (secondary N) is 2. The Morgan fingerprint density at radius 1 is 1.46 bits per heavy atom. The van der Waals surface area contributed by atoms with E-state index in [2.05, 4.69) is 36.5 Å². The Morgan fingerprint density at radius 3 is 3.00 bits per heavy atom. The van der Waals surface area contributed by atoms with Gasteiger partial charge in [-0.25, -0.2) is 4.98 Å². The van der Waals surface area contributed by atoms with Gasteiger partial charge in [0.05, 0.1) is 6.54 Å². The Bertz CT molecular complexity index is 319. The zero-order valence-electron chi connectivity index (χ0n) is 6.92. The fourth-order valence-electron chi connectivity index (χ4n) is 1.05.